The van der Waals surface area contributed by atoms with E-state index in [1.54, 1.807) is 0 Å². The summed E-state index contributed by atoms with van der Waals surface area (Å²) >= 11 is 0. The Morgan fingerprint density at radius 1 is 1.27 bits per heavy atom. The maximum atomic E-state index is 8.99. The molecule has 0 aliphatic heterocycles. The van der Waals surface area contributed by atoms with Gasteiger partial charge in [0.2, 0.25) is 0 Å². The predicted molar refractivity (Wildman–Crippen MR) is 59.2 cm³/mol. The molecule has 0 amide bonds. The van der Waals surface area contributed by atoms with Crippen molar-refractivity contribution in [3.05, 3.63) is 35.4 Å². The maximum absolute atomic E-state index is 8.99. The fourth-order valence-corrected chi connectivity index (χ4v) is 1.31. The first-order chi connectivity index (χ1) is 6.76. The Morgan fingerprint density at radius 2 is 1.87 bits per heavy atom. The molecule has 0 saturated heterocycles. The number of nitrogens with one attached hydrogen (secondary N) is 1. The van der Waals surface area contributed by atoms with Crippen LogP contribution in [-0.2, 0) is 6.54 Å². The van der Waals surface area contributed by atoms with Gasteiger partial charge in [-0.1, -0.05) is 36.8 Å². The largest absolute Gasteiger partial charge is 1.00 e. The van der Waals surface area contributed by atoms with Crippen LogP contribution in [0.25, 0.3) is 0 Å². The van der Waals surface area contributed by atoms with Crippen LogP contribution in [0.5, 0.6) is 0 Å². The summed E-state index contributed by atoms with van der Waals surface area (Å²) in [6, 6.07) is 8.67. The smallest absolute Gasteiger partial charge is 0.0584 e. The quantitative estimate of drug-likeness (QED) is 0.668. The van der Waals surface area contributed by atoms with Gasteiger partial charge in [0.05, 0.1) is 6.61 Å². The van der Waals surface area contributed by atoms with Gasteiger partial charge in [-0.25, -0.2) is 0 Å². The van der Waals surface area contributed by atoms with E-state index in [1.807, 2.05) is 0 Å². The number of aliphatic hydroxyl groups is 1. The lowest BCUT2D eigenvalue weighted by molar-refractivity contribution is -0.00000406. The molecule has 1 aromatic carbocycles. The van der Waals surface area contributed by atoms with Gasteiger partial charge in [0, 0.05) is 12.6 Å². The van der Waals surface area contributed by atoms with E-state index < -0.39 is 0 Å². The first-order valence-corrected chi connectivity index (χ1v) is 5.16. The zero-order chi connectivity index (χ0) is 10.4. The van der Waals surface area contributed by atoms with Gasteiger partial charge in [-0.2, -0.15) is 0 Å². The predicted octanol–water partition coefficient (Wildman–Crippen LogP) is -1.14. The van der Waals surface area contributed by atoms with Gasteiger partial charge in [-0.3, -0.25) is 0 Å². The molecule has 15 heavy (non-hydrogen) atoms. The molecule has 2 nitrogen and oxygen atoms in total. The summed E-state index contributed by atoms with van der Waals surface area (Å²) in [4.78, 5) is 0. The van der Waals surface area contributed by atoms with Gasteiger partial charge < -0.3 is 22.8 Å². The summed E-state index contributed by atoms with van der Waals surface area (Å²) in [6.07, 6.45) is 0.961. The summed E-state index contributed by atoms with van der Waals surface area (Å²) in [6.45, 7) is 5.20. The van der Waals surface area contributed by atoms with E-state index in [2.05, 4.69) is 43.4 Å². The third-order valence-corrected chi connectivity index (χ3v) is 2.43. The van der Waals surface area contributed by atoms with Crippen LogP contribution >= 0.6 is 0 Å². The Bertz CT molecular complexity index is 257. The summed E-state index contributed by atoms with van der Waals surface area (Å²) < 4.78 is 0. The molecule has 0 spiro atoms. The molecule has 0 aliphatic rings. The number of hydrogen-bond donors (Lipinski definition) is 2. The molecule has 0 bridgehead atoms. The topological polar surface area (TPSA) is 32.3 Å². The molecule has 2 N–H and O–H groups in total. The molecule has 1 atom stereocenters. The second-order valence-electron chi connectivity index (χ2n) is 3.65. The summed E-state index contributed by atoms with van der Waals surface area (Å²) in [5.41, 5.74) is 2.55. The van der Waals surface area contributed by atoms with E-state index in [4.69, 9.17) is 5.11 Å². The number of hydrogen-bond acceptors (Lipinski definition) is 2. The Balaban J connectivity index is 0.00000196. The highest BCUT2D eigenvalue weighted by Gasteiger charge is 2.02. The molecule has 3 heteroatoms. The van der Waals surface area contributed by atoms with Crippen molar-refractivity contribution in [1.29, 1.82) is 0 Å². The Hall–Kier alpha value is -0.570. The lowest BCUT2D eigenvalue weighted by Gasteiger charge is -2.13. The normalized spacial score (nSPS) is 11.9. The third kappa shape index (κ3) is 5.17. The highest BCUT2D eigenvalue weighted by molar-refractivity contribution is 5.21. The third-order valence-electron chi connectivity index (χ3n) is 2.43. The van der Waals surface area contributed by atoms with Crippen LogP contribution in [0.2, 0.25) is 0 Å². The van der Waals surface area contributed by atoms with Crippen molar-refractivity contribution in [1.82, 2.24) is 5.32 Å². The molecule has 0 aliphatic carbocycles. The Kier molecular flexibility index (Phi) is 7.39. The van der Waals surface area contributed by atoms with Crippen LogP contribution in [0.4, 0.5) is 0 Å². The summed E-state index contributed by atoms with van der Waals surface area (Å²) in [5.74, 6) is 0. The van der Waals surface area contributed by atoms with Gasteiger partial charge in [0.15, 0.2) is 0 Å². The monoisotopic (exact) mass is 228 g/mol. The molecule has 1 aromatic rings. The van der Waals surface area contributed by atoms with E-state index in [0.717, 1.165) is 13.0 Å². The van der Waals surface area contributed by atoms with Crippen molar-refractivity contribution in [3.8, 4) is 0 Å². The second kappa shape index (κ2) is 7.69. The van der Waals surface area contributed by atoms with Gasteiger partial charge in [-0.05, 0) is 18.9 Å². The highest BCUT2D eigenvalue weighted by atomic mass is 35.5. The maximum Gasteiger partial charge on any atom is 0.0584 e. The van der Waals surface area contributed by atoms with Crippen molar-refractivity contribution in [3.63, 3.8) is 0 Å². The average Bonchev–Trinajstić information content (AvgIpc) is 2.22. The first kappa shape index (κ1) is 14.4. The van der Waals surface area contributed by atoms with Crippen LogP contribution in [0, 0.1) is 6.92 Å². The molecular formula is C12H19ClNO-. The molecule has 0 radical (unpaired) electrons. The zero-order valence-electron chi connectivity index (χ0n) is 9.33. The van der Waals surface area contributed by atoms with Crippen LogP contribution in [0.15, 0.2) is 24.3 Å². The average molecular weight is 229 g/mol. The van der Waals surface area contributed by atoms with Crippen molar-refractivity contribution < 1.29 is 17.5 Å². The molecule has 1 rings (SSSR count). The Morgan fingerprint density at radius 3 is 2.33 bits per heavy atom. The van der Waals surface area contributed by atoms with Gasteiger partial charge in [-0.15, -0.1) is 0 Å². The fourth-order valence-electron chi connectivity index (χ4n) is 1.31. The van der Waals surface area contributed by atoms with Crippen molar-refractivity contribution in [2.75, 3.05) is 6.61 Å². The highest BCUT2D eigenvalue weighted by Crippen LogP contribution is 2.03. The molecule has 0 saturated carbocycles. The number of halogens is 1. The van der Waals surface area contributed by atoms with Gasteiger partial charge >= 0.3 is 0 Å². The first-order valence-electron chi connectivity index (χ1n) is 5.16. The second-order valence-corrected chi connectivity index (χ2v) is 3.65. The minimum absolute atomic E-state index is 0. The minimum atomic E-state index is 0. The van der Waals surface area contributed by atoms with Crippen molar-refractivity contribution in [2.24, 2.45) is 0 Å². The van der Waals surface area contributed by atoms with E-state index >= 15 is 0 Å². The Labute approximate surface area is 98.1 Å². The van der Waals surface area contributed by atoms with Gasteiger partial charge in [0.25, 0.3) is 0 Å². The number of aliphatic hydroxyl groups excluding tert-OH is 1. The van der Waals surface area contributed by atoms with E-state index in [0.29, 0.717) is 0 Å². The standard InChI is InChI=1S/C12H19NO.ClH/c1-3-12(9-14)13-8-11-6-4-10(2)5-7-11;/h4-7,12-14H,3,8-9H2,1-2H3;1H/p-1. The number of aryl methyl sites for hydroxylation is 1. The number of benzene rings is 1. The minimum Gasteiger partial charge on any atom is -1.00 e. The van der Waals surface area contributed by atoms with E-state index in [1.165, 1.54) is 11.1 Å². The van der Waals surface area contributed by atoms with Crippen LogP contribution in [0.3, 0.4) is 0 Å². The SMILES string of the molecule is CCC(CO)NCc1ccc(C)cc1.[Cl-]. The van der Waals surface area contributed by atoms with Crippen LogP contribution < -0.4 is 17.7 Å². The lowest BCUT2D eigenvalue weighted by Crippen LogP contribution is -3.00. The molecule has 1 unspecified atom stereocenters. The van der Waals surface area contributed by atoms with Gasteiger partial charge in [0.1, 0.15) is 0 Å². The molecule has 0 heterocycles. The fraction of sp³-hybridized carbons (Fsp3) is 0.500. The number of rotatable bonds is 5. The summed E-state index contributed by atoms with van der Waals surface area (Å²) in [7, 11) is 0. The summed E-state index contributed by atoms with van der Waals surface area (Å²) in [5, 5.41) is 12.3. The van der Waals surface area contributed by atoms with Crippen LogP contribution in [0.1, 0.15) is 24.5 Å². The molecule has 0 aromatic heterocycles. The van der Waals surface area contributed by atoms with Crippen molar-refractivity contribution >= 4 is 0 Å². The van der Waals surface area contributed by atoms with E-state index in [9.17, 15) is 0 Å². The molecular weight excluding hydrogens is 210 g/mol. The zero-order valence-corrected chi connectivity index (χ0v) is 10.1. The van der Waals surface area contributed by atoms with E-state index in [-0.39, 0.29) is 25.1 Å². The van der Waals surface area contributed by atoms with Crippen molar-refractivity contribution in [2.45, 2.75) is 32.9 Å². The lowest BCUT2D eigenvalue weighted by atomic mass is 10.1. The molecule has 86 valence electrons. The van der Waals surface area contributed by atoms with Crippen LogP contribution in [-0.4, -0.2) is 17.8 Å². The molecule has 0 fully saturated rings.